The molecule has 8 heteroatoms. The van der Waals surface area contributed by atoms with Crippen molar-refractivity contribution in [2.45, 2.75) is 78.0 Å². The molecule has 0 aliphatic carbocycles. The van der Waals surface area contributed by atoms with E-state index in [2.05, 4.69) is 30.2 Å². The second-order valence-electron chi connectivity index (χ2n) is 10.1. The largest absolute Gasteiger partial charge is 0.444 e. The highest BCUT2D eigenvalue weighted by Crippen LogP contribution is 2.26. The minimum atomic E-state index is -0.957. The topological polar surface area (TPSA) is 87.7 Å². The molecule has 2 atom stereocenters. The van der Waals surface area contributed by atoms with Crippen LogP contribution in [-0.2, 0) is 14.3 Å². The van der Waals surface area contributed by atoms with E-state index in [1.54, 1.807) is 25.7 Å². The van der Waals surface area contributed by atoms with E-state index in [-0.39, 0.29) is 17.6 Å². The van der Waals surface area contributed by atoms with Crippen LogP contribution < -0.4 is 10.6 Å². The second-order valence-corrected chi connectivity index (χ2v) is 10.5. The molecule has 3 amide bonds. The van der Waals surface area contributed by atoms with Gasteiger partial charge in [0.1, 0.15) is 17.7 Å². The van der Waals surface area contributed by atoms with Gasteiger partial charge in [-0.3, -0.25) is 9.59 Å². The molecule has 2 aromatic rings. The van der Waals surface area contributed by atoms with E-state index in [1.807, 2.05) is 61.5 Å². The third kappa shape index (κ3) is 9.76. The SMILES string of the molecule is CCCCCCN(C(=O)C(CS)NC(=O)OC(C)(C)C)C(C(=O)Nc1ccccc1C)c1ccccc1. The molecular weight excluding hydrogens is 486 g/mol. The molecule has 0 spiro atoms. The Morgan fingerprint density at radius 3 is 2.22 bits per heavy atom. The van der Waals surface area contributed by atoms with Crippen molar-refractivity contribution < 1.29 is 19.1 Å². The number of aryl methyl sites for hydroxylation is 1. The summed E-state index contributed by atoms with van der Waals surface area (Å²) in [6, 6.07) is 14.9. The van der Waals surface area contributed by atoms with Gasteiger partial charge in [-0.15, -0.1) is 0 Å². The summed E-state index contributed by atoms with van der Waals surface area (Å²) in [5, 5.41) is 5.66. The molecule has 7 nitrogen and oxygen atoms in total. The standard InChI is InChI=1S/C29H41N3O4S/c1-6-7-8-14-19-32(27(34)24(20-37)31-28(35)36-29(3,4)5)25(22-16-10-9-11-17-22)26(33)30-23-18-13-12-15-21(23)2/h9-13,15-18,24-25,37H,6-8,14,19-20H2,1-5H3,(H,30,33)(H,31,35). The van der Waals surface area contributed by atoms with Gasteiger partial charge in [0, 0.05) is 18.0 Å². The molecular formula is C29H41N3O4S. The molecule has 0 fully saturated rings. The first kappa shape index (κ1) is 30.2. The Hall–Kier alpha value is -3.00. The van der Waals surface area contributed by atoms with E-state index in [9.17, 15) is 14.4 Å². The zero-order valence-electron chi connectivity index (χ0n) is 22.6. The molecule has 0 radical (unpaired) electrons. The highest BCUT2D eigenvalue weighted by Gasteiger charge is 2.35. The Balaban J connectivity index is 2.43. The lowest BCUT2D eigenvalue weighted by Gasteiger charge is -2.34. The van der Waals surface area contributed by atoms with Gasteiger partial charge in [0.2, 0.25) is 5.91 Å². The second kappa shape index (κ2) is 14.7. The summed E-state index contributed by atoms with van der Waals surface area (Å²) < 4.78 is 5.36. The van der Waals surface area contributed by atoms with Crippen LogP contribution in [-0.4, -0.2) is 46.7 Å². The predicted octanol–water partition coefficient (Wildman–Crippen LogP) is 5.91. The van der Waals surface area contributed by atoms with E-state index in [0.29, 0.717) is 17.8 Å². The minimum Gasteiger partial charge on any atom is -0.444 e. The van der Waals surface area contributed by atoms with Crippen molar-refractivity contribution in [2.75, 3.05) is 17.6 Å². The van der Waals surface area contributed by atoms with Crippen LogP contribution >= 0.6 is 12.6 Å². The van der Waals surface area contributed by atoms with Gasteiger partial charge in [-0.1, -0.05) is 74.7 Å². The van der Waals surface area contributed by atoms with Crippen molar-refractivity contribution in [3.8, 4) is 0 Å². The monoisotopic (exact) mass is 527 g/mol. The number of carbonyl (C=O) groups is 3. The smallest absolute Gasteiger partial charge is 0.408 e. The molecule has 2 unspecified atom stereocenters. The Labute approximate surface area is 226 Å². The third-order valence-electron chi connectivity index (χ3n) is 5.79. The van der Waals surface area contributed by atoms with Gasteiger partial charge >= 0.3 is 6.09 Å². The number of nitrogens with zero attached hydrogens (tertiary/aromatic N) is 1. The molecule has 2 rings (SSSR count). The van der Waals surface area contributed by atoms with Gasteiger partial charge in [0.05, 0.1) is 0 Å². The number of amides is 3. The van der Waals surface area contributed by atoms with E-state index in [0.717, 1.165) is 31.2 Å². The molecule has 0 aliphatic heterocycles. The minimum absolute atomic E-state index is 0.0600. The van der Waals surface area contributed by atoms with Gasteiger partial charge in [-0.25, -0.2) is 4.79 Å². The van der Waals surface area contributed by atoms with Crippen LogP contribution in [0.2, 0.25) is 0 Å². The van der Waals surface area contributed by atoms with Crippen LogP contribution in [0.15, 0.2) is 54.6 Å². The lowest BCUT2D eigenvalue weighted by molar-refractivity contribution is -0.140. The Bertz CT molecular complexity index is 1020. The highest BCUT2D eigenvalue weighted by atomic mass is 32.1. The molecule has 202 valence electrons. The summed E-state index contributed by atoms with van der Waals surface area (Å²) in [7, 11) is 0. The van der Waals surface area contributed by atoms with Gasteiger partial charge in [-0.2, -0.15) is 12.6 Å². The van der Waals surface area contributed by atoms with Crippen LogP contribution in [0.1, 0.15) is 70.5 Å². The molecule has 0 aliphatic rings. The summed E-state index contributed by atoms with van der Waals surface area (Å²) in [4.78, 5) is 41.7. The van der Waals surface area contributed by atoms with Crippen molar-refractivity contribution in [3.63, 3.8) is 0 Å². The quantitative estimate of drug-likeness (QED) is 0.237. The van der Waals surface area contributed by atoms with Crippen molar-refractivity contribution >= 4 is 36.2 Å². The van der Waals surface area contributed by atoms with Crippen molar-refractivity contribution in [1.29, 1.82) is 0 Å². The Morgan fingerprint density at radius 2 is 1.62 bits per heavy atom. The molecule has 0 aromatic heterocycles. The van der Waals surface area contributed by atoms with Crippen molar-refractivity contribution in [1.82, 2.24) is 10.2 Å². The fourth-order valence-electron chi connectivity index (χ4n) is 3.93. The number of alkyl carbamates (subject to hydrolysis) is 1. The zero-order chi connectivity index (χ0) is 27.4. The molecule has 2 aromatic carbocycles. The fraction of sp³-hybridized carbons (Fsp3) is 0.483. The molecule has 0 bridgehead atoms. The molecule has 2 N–H and O–H groups in total. The first-order chi connectivity index (χ1) is 17.6. The van der Waals surface area contributed by atoms with E-state index >= 15 is 0 Å². The van der Waals surface area contributed by atoms with E-state index in [4.69, 9.17) is 4.74 Å². The van der Waals surface area contributed by atoms with Crippen molar-refractivity contribution in [3.05, 3.63) is 65.7 Å². The Kier molecular flexibility index (Phi) is 12.0. The molecule has 0 saturated heterocycles. The number of nitrogens with one attached hydrogen (secondary N) is 2. The van der Waals surface area contributed by atoms with Gasteiger partial charge in [0.25, 0.3) is 5.91 Å². The maximum atomic E-state index is 13.9. The Morgan fingerprint density at radius 1 is 0.973 bits per heavy atom. The summed E-state index contributed by atoms with van der Waals surface area (Å²) >= 11 is 4.34. The number of anilines is 1. The lowest BCUT2D eigenvalue weighted by Crippen LogP contribution is -2.53. The van der Waals surface area contributed by atoms with E-state index in [1.165, 1.54) is 0 Å². The average Bonchev–Trinajstić information content (AvgIpc) is 2.85. The number of carbonyl (C=O) groups excluding carboxylic acids is 3. The summed E-state index contributed by atoms with van der Waals surface area (Å²) in [6.07, 6.45) is 3.02. The number of para-hydroxylation sites is 1. The predicted molar refractivity (Wildman–Crippen MR) is 152 cm³/mol. The maximum absolute atomic E-state index is 13.9. The van der Waals surface area contributed by atoms with Crippen LogP contribution in [0.25, 0.3) is 0 Å². The first-order valence-electron chi connectivity index (χ1n) is 12.9. The number of unbranched alkanes of at least 4 members (excludes halogenated alkanes) is 3. The van der Waals surface area contributed by atoms with Crippen molar-refractivity contribution in [2.24, 2.45) is 0 Å². The highest BCUT2D eigenvalue weighted by molar-refractivity contribution is 7.80. The number of thiol groups is 1. The van der Waals surface area contributed by atoms with Crippen LogP contribution in [0.4, 0.5) is 10.5 Å². The summed E-state index contributed by atoms with van der Waals surface area (Å²) in [6.45, 7) is 9.66. The van der Waals surface area contributed by atoms with Crippen LogP contribution in [0.3, 0.4) is 0 Å². The lowest BCUT2D eigenvalue weighted by atomic mass is 10.0. The number of ether oxygens (including phenoxy) is 1. The molecule has 0 heterocycles. The first-order valence-corrected chi connectivity index (χ1v) is 13.5. The van der Waals surface area contributed by atoms with E-state index < -0.39 is 23.8 Å². The molecule has 37 heavy (non-hydrogen) atoms. The van der Waals surface area contributed by atoms with Crippen LogP contribution in [0, 0.1) is 6.92 Å². The van der Waals surface area contributed by atoms with Crippen LogP contribution in [0.5, 0.6) is 0 Å². The number of hydrogen-bond donors (Lipinski definition) is 3. The fourth-order valence-corrected chi connectivity index (χ4v) is 4.18. The third-order valence-corrected chi connectivity index (χ3v) is 6.15. The van der Waals surface area contributed by atoms with Gasteiger partial charge < -0.3 is 20.3 Å². The molecule has 0 saturated carbocycles. The zero-order valence-corrected chi connectivity index (χ0v) is 23.5. The summed E-state index contributed by atoms with van der Waals surface area (Å²) in [5.74, 6) is -0.643. The normalized spacial score (nSPS) is 12.8. The maximum Gasteiger partial charge on any atom is 0.408 e. The van der Waals surface area contributed by atoms with Gasteiger partial charge in [-0.05, 0) is 51.3 Å². The number of benzene rings is 2. The summed E-state index contributed by atoms with van der Waals surface area (Å²) in [5.41, 5.74) is 1.58. The number of hydrogen-bond acceptors (Lipinski definition) is 5. The van der Waals surface area contributed by atoms with Gasteiger partial charge in [0.15, 0.2) is 0 Å². The average molecular weight is 528 g/mol. The number of rotatable bonds is 12.